The number of rotatable bonds is 8. The van der Waals surface area contributed by atoms with Crippen molar-refractivity contribution in [3.05, 3.63) is 105 Å². The molecule has 0 N–H and O–H groups in total. The predicted molar refractivity (Wildman–Crippen MR) is 266 cm³/mol. The van der Waals surface area contributed by atoms with Gasteiger partial charge < -0.3 is 0 Å². The van der Waals surface area contributed by atoms with Crippen LogP contribution < -0.4 is 0 Å². The van der Waals surface area contributed by atoms with E-state index in [1.165, 1.54) is 140 Å². The Bertz CT molecular complexity index is 1890. The zero-order valence-corrected chi connectivity index (χ0v) is 41.2. The van der Waals surface area contributed by atoms with Gasteiger partial charge in [-0.1, -0.05) is 180 Å². The molecule has 328 valence electrons. The van der Waals surface area contributed by atoms with Crippen molar-refractivity contribution in [1.29, 1.82) is 0 Å². The van der Waals surface area contributed by atoms with Crippen molar-refractivity contribution in [1.82, 2.24) is 0 Å². The van der Waals surface area contributed by atoms with E-state index in [2.05, 4.69) is 115 Å². The molecule has 0 saturated heterocycles. The van der Waals surface area contributed by atoms with Crippen molar-refractivity contribution >= 4 is 19.2 Å². The van der Waals surface area contributed by atoms with Gasteiger partial charge in [-0.2, -0.15) is 0 Å². The first-order valence-corrected chi connectivity index (χ1v) is 29.5. The van der Waals surface area contributed by atoms with Gasteiger partial charge in [-0.05, 0) is 189 Å². The van der Waals surface area contributed by atoms with Crippen LogP contribution in [0.2, 0.25) is 24.2 Å². The van der Waals surface area contributed by atoms with Gasteiger partial charge in [0.1, 0.15) is 0 Å². The van der Waals surface area contributed by atoms with Crippen LogP contribution in [0.15, 0.2) is 83.0 Å². The second-order valence-corrected chi connectivity index (χ2v) is 30.2. The third kappa shape index (κ3) is 7.96. The van der Waals surface area contributed by atoms with Crippen LogP contribution in [0.25, 0.3) is 11.1 Å². The molecule has 0 amide bonds. The van der Waals surface area contributed by atoms with Crippen LogP contribution in [0.3, 0.4) is 0 Å². The summed E-state index contributed by atoms with van der Waals surface area (Å²) in [5.74, 6) is 6.56. The van der Waals surface area contributed by atoms with Gasteiger partial charge in [0, 0.05) is 0 Å². The molecule has 0 spiro atoms. The number of hydrogen-bond acceptors (Lipinski definition) is 0. The van der Waals surface area contributed by atoms with Crippen molar-refractivity contribution in [2.24, 2.45) is 47.3 Å². The third-order valence-electron chi connectivity index (χ3n) is 19.2. The minimum absolute atomic E-state index is 0.189. The molecule has 0 radical (unpaired) electrons. The van der Waals surface area contributed by atoms with Gasteiger partial charge in [0.15, 0.2) is 0 Å². The fourth-order valence-electron chi connectivity index (χ4n) is 16.6. The van der Waals surface area contributed by atoms with E-state index in [1.54, 1.807) is 33.4 Å². The van der Waals surface area contributed by atoms with Gasteiger partial charge in [-0.25, -0.2) is 0 Å². The number of allylic oxidation sites excluding steroid dienone is 8. The summed E-state index contributed by atoms with van der Waals surface area (Å²) in [4.78, 5) is 0. The zero-order chi connectivity index (χ0) is 42.3. The molecule has 8 aliphatic rings. The maximum absolute atomic E-state index is 3.03. The molecule has 0 heterocycles. The lowest BCUT2D eigenvalue weighted by molar-refractivity contribution is 0.275. The highest BCUT2D eigenvalue weighted by atomic mass is 28.3. The highest BCUT2D eigenvalue weighted by Gasteiger charge is 2.61. The first-order valence-electron chi connectivity index (χ1n) is 26.4. The summed E-state index contributed by atoms with van der Waals surface area (Å²) < 4.78 is 0. The van der Waals surface area contributed by atoms with Crippen molar-refractivity contribution in [3.63, 3.8) is 0 Å². The molecule has 8 aliphatic carbocycles. The molecule has 61 heavy (non-hydrogen) atoms. The summed E-state index contributed by atoms with van der Waals surface area (Å²) >= 11 is 0. The molecule has 0 aromatic heterocycles. The van der Waals surface area contributed by atoms with Crippen LogP contribution in [0, 0.1) is 47.3 Å². The summed E-state index contributed by atoms with van der Waals surface area (Å²) in [7, 11) is -1.90. The number of hydrogen-bond donors (Lipinski definition) is 0. The Morgan fingerprint density at radius 2 is 0.852 bits per heavy atom. The Kier molecular flexibility index (Phi) is 11.6. The fourth-order valence-corrected chi connectivity index (χ4v) is 22.6. The lowest BCUT2D eigenvalue weighted by atomic mass is 9.75. The van der Waals surface area contributed by atoms with E-state index in [4.69, 9.17) is 0 Å². The minimum atomic E-state index is -1.90. The van der Waals surface area contributed by atoms with Gasteiger partial charge in [0.25, 0.3) is 0 Å². The molecular formula is C60H84Si. The highest BCUT2D eigenvalue weighted by molar-refractivity contribution is 6.80. The standard InChI is InChI=1S/C60H84Si/c1-59(2,3)47-29-25-41(26-30-47)55-49-23-15-21-43(49)35-53-51(55)37-45(33-39-17-11-9-12-18-39)57(53)61(7,8)58-46(34-40-19-13-10-14-20-40)38-52-54(58)36-44-22-16-24-50(44)56(52)42-27-31-48(32-28-42)60(4,5)6/h25-32,35-36,39-40,45-46,51-54,57-58H,9-24,33-34,37-38H2,1-8H3. The van der Waals surface area contributed by atoms with Crippen molar-refractivity contribution in [2.75, 3.05) is 0 Å². The maximum Gasteiger partial charge on any atom is 0.0553 e. The first-order chi connectivity index (χ1) is 29.3. The predicted octanol–water partition coefficient (Wildman–Crippen LogP) is 17.6. The molecule has 0 nitrogen and oxygen atoms in total. The van der Waals surface area contributed by atoms with Gasteiger partial charge in [0.05, 0.1) is 8.07 Å². The van der Waals surface area contributed by atoms with Crippen molar-refractivity contribution in [3.8, 4) is 0 Å². The van der Waals surface area contributed by atoms with Crippen LogP contribution in [0.5, 0.6) is 0 Å². The van der Waals surface area contributed by atoms with Crippen LogP contribution in [-0.2, 0) is 10.8 Å². The fraction of sp³-hybridized carbons (Fsp3) is 0.667. The Morgan fingerprint density at radius 3 is 1.21 bits per heavy atom. The van der Waals surface area contributed by atoms with E-state index < -0.39 is 8.07 Å². The smallest absolute Gasteiger partial charge is 0.0553 e. The third-order valence-corrected chi connectivity index (χ3v) is 24.3. The molecule has 1 heteroatoms. The molecule has 0 aliphatic heterocycles. The number of benzene rings is 2. The zero-order valence-electron chi connectivity index (χ0n) is 40.2. The van der Waals surface area contributed by atoms with E-state index in [1.807, 2.05) is 11.1 Å². The molecule has 8 unspecified atom stereocenters. The second kappa shape index (κ2) is 16.6. The molecule has 6 saturated carbocycles. The maximum atomic E-state index is 3.03. The van der Waals surface area contributed by atoms with Crippen LogP contribution in [0.1, 0.15) is 192 Å². The van der Waals surface area contributed by atoms with Gasteiger partial charge in [0.2, 0.25) is 0 Å². The normalized spacial score (nSPS) is 32.5. The minimum Gasteiger partial charge on any atom is -0.0773 e. The van der Waals surface area contributed by atoms with Crippen molar-refractivity contribution in [2.45, 2.75) is 205 Å². The highest BCUT2D eigenvalue weighted by Crippen LogP contribution is 2.69. The Labute approximate surface area is 375 Å². The molecule has 2 aromatic carbocycles. The summed E-state index contributed by atoms with van der Waals surface area (Å²) in [6.07, 6.45) is 34.8. The molecule has 8 atom stereocenters. The largest absolute Gasteiger partial charge is 0.0773 e. The lowest BCUT2D eigenvalue weighted by Crippen LogP contribution is -2.47. The Balaban J connectivity index is 1.07. The van der Waals surface area contributed by atoms with Crippen molar-refractivity contribution < 1.29 is 0 Å². The number of fused-ring (bicyclic) bond motifs is 4. The average Bonchev–Trinajstić information content (AvgIpc) is 4.04. The summed E-state index contributed by atoms with van der Waals surface area (Å²) in [5, 5.41) is 0. The monoisotopic (exact) mass is 833 g/mol. The average molecular weight is 833 g/mol. The van der Waals surface area contributed by atoms with E-state index in [9.17, 15) is 0 Å². The summed E-state index contributed by atoms with van der Waals surface area (Å²) in [6.45, 7) is 20.4. The molecule has 10 rings (SSSR count). The Morgan fingerprint density at radius 1 is 0.475 bits per heavy atom. The first kappa shape index (κ1) is 42.6. The topological polar surface area (TPSA) is 0 Å². The van der Waals surface area contributed by atoms with Gasteiger partial charge >= 0.3 is 0 Å². The van der Waals surface area contributed by atoms with E-state index >= 15 is 0 Å². The quantitative estimate of drug-likeness (QED) is 0.233. The molecule has 0 bridgehead atoms. The van der Waals surface area contributed by atoms with E-state index in [-0.39, 0.29) is 10.8 Å². The molecule has 2 aromatic rings. The second-order valence-electron chi connectivity index (χ2n) is 25.2. The molecule has 6 fully saturated rings. The van der Waals surface area contributed by atoms with E-state index in [0.29, 0.717) is 11.8 Å². The lowest BCUT2D eigenvalue weighted by Gasteiger charge is -2.48. The van der Waals surface area contributed by atoms with Crippen LogP contribution in [-0.4, -0.2) is 8.07 Å². The Hall–Kier alpha value is -2.38. The summed E-state index contributed by atoms with van der Waals surface area (Å²) in [6, 6.07) is 20.3. The molecular weight excluding hydrogens is 749 g/mol. The SMILES string of the molecule is CC(C)(C)c1ccc(C2=C3CCCC3=CC3C2CC(CC2CCCCC2)C3[Si](C)(C)C2C(CC3CCCCC3)CC3C(c4ccc(C(C)(C)C)cc4)=C4CCCC4=CC32)cc1. The summed E-state index contributed by atoms with van der Waals surface area (Å²) in [5.41, 5.74) is 19.1. The van der Waals surface area contributed by atoms with Crippen LogP contribution in [0.4, 0.5) is 0 Å². The van der Waals surface area contributed by atoms with E-state index in [0.717, 1.165) is 46.6 Å². The van der Waals surface area contributed by atoms with Gasteiger partial charge in [-0.15, -0.1) is 0 Å². The van der Waals surface area contributed by atoms with Crippen LogP contribution >= 0.6 is 0 Å². The van der Waals surface area contributed by atoms with Gasteiger partial charge in [-0.3, -0.25) is 0 Å².